The number of nitro groups is 1. The van der Waals surface area contributed by atoms with Crippen molar-refractivity contribution in [1.82, 2.24) is 5.32 Å². The Morgan fingerprint density at radius 3 is 2.20 bits per heavy atom. The van der Waals surface area contributed by atoms with E-state index in [1.807, 2.05) is 0 Å². The summed E-state index contributed by atoms with van der Waals surface area (Å²) >= 11 is 0. The molecule has 2 atom stereocenters. The van der Waals surface area contributed by atoms with E-state index in [1.54, 1.807) is 30.3 Å². The van der Waals surface area contributed by atoms with Crippen molar-refractivity contribution in [2.45, 2.75) is 18.6 Å². The first-order valence-corrected chi connectivity index (χ1v) is 7.35. The molecule has 2 aromatic carbocycles. The van der Waals surface area contributed by atoms with Gasteiger partial charge in [-0.3, -0.25) is 14.9 Å². The summed E-state index contributed by atoms with van der Waals surface area (Å²) in [5.41, 5.74) is 0.593. The molecule has 0 saturated heterocycles. The van der Waals surface area contributed by atoms with Gasteiger partial charge in [0, 0.05) is 12.1 Å². The number of carbonyl (C=O) groups excluding carboxylic acids is 2. The molecule has 2 N–H and O–H groups in total. The Hall–Kier alpha value is -3.26. The summed E-state index contributed by atoms with van der Waals surface area (Å²) in [7, 11) is 0. The number of carboxylic acid groups (broad SMARTS) is 1. The Labute approximate surface area is 142 Å². The maximum Gasteiger partial charge on any atom is 0.269 e. The maximum absolute atomic E-state index is 12.0. The normalized spacial score (nSPS) is 12.8. The fourth-order valence-corrected chi connectivity index (χ4v) is 2.26. The second kappa shape index (κ2) is 8.02. The van der Waals surface area contributed by atoms with Crippen molar-refractivity contribution in [3.05, 3.63) is 75.8 Å². The van der Waals surface area contributed by atoms with E-state index in [9.17, 15) is 29.9 Å². The molecule has 0 aliphatic carbocycles. The van der Waals surface area contributed by atoms with Crippen molar-refractivity contribution in [3.8, 4) is 0 Å². The number of nitrogens with one attached hydrogen (secondary N) is 1. The van der Waals surface area contributed by atoms with Gasteiger partial charge in [-0.2, -0.15) is 0 Å². The molecule has 2 unspecified atom stereocenters. The zero-order chi connectivity index (χ0) is 18.4. The lowest BCUT2D eigenvalue weighted by molar-refractivity contribution is -0.384. The summed E-state index contributed by atoms with van der Waals surface area (Å²) in [5, 5.41) is 34.3. The summed E-state index contributed by atoms with van der Waals surface area (Å²) in [6.45, 7) is 0. The average molecular weight is 343 g/mol. The fraction of sp³-hybridized carbons (Fsp3) is 0.176. The number of carbonyl (C=O) groups is 2. The molecule has 0 spiro atoms. The second-order valence-corrected chi connectivity index (χ2v) is 5.32. The SMILES string of the molecule is O=C(Cc1ccccc1)NC(C(=O)[O-])C(O)c1ccc([N+](=O)[O-])cc1. The standard InChI is InChI=1S/C17H16N2O6/c20-14(10-11-4-2-1-3-5-11)18-15(17(22)23)16(21)12-6-8-13(9-7-12)19(24)25/h1-9,15-16,21H,10H2,(H,18,20)(H,22,23)/p-1. The number of nitro benzene ring substituents is 1. The van der Waals surface area contributed by atoms with Crippen molar-refractivity contribution in [3.63, 3.8) is 0 Å². The van der Waals surface area contributed by atoms with Crippen molar-refractivity contribution >= 4 is 17.6 Å². The third-order valence-corrected chi connectivity index (χ3v) is 3.54. The van der Waals surface area contributed by atoms with Crippen molar-refractivity contribution in [2.24, 2.45) is 0 Å². The number of hydrogen-bond donors (Lipinski definition) is 2. The van der Waals surface area contributed by atoms with E-state index in [4.69, 9.17) is 0 Å². The quantitative estimate of drug-likeness (QED) is 0.541. The molecule has 0 radical (unpaired) electrons. The molecule has 1 amide bonds. The second-order valence-electron chi connectivity index (χ2n) is 5.32. The molecule has 0 aliphatic heterocycles. The van der Waals surface area contributed by atoms with Gasteiger partial charge in [0.2, 0.25) is 5.91 Å². The van der Waals surface area contributed by atoms with Crippen LogP contribution in [0.25, 0.3) is 0 Å². The first-order chi connectivity index (χ1) is 11.9. The van der Waals surface area contributed by atoms with Crippen LogP contribution in [0.2, 0.25) is 0 Å². The van der Waals surface area contributed by atoms with Gasteiger partial charge >= 0.3 is 0 Å². The Bertz CT molecular complexity index is 760. The monoisotopic (exact) mass is 343 g/mol. The van der Waals surface area contributed by atoms with Crippen molar-refractivity contribution in [1.29, 1.82) is 0 Å². The van der Waals surface area contributed by atoms with Crippen LogP contribution < -0.4 is 10.4 Å². The number of aliphatic hydroxyl groups is 1. The lowest BCUT2D eigenvalue weighted by atomic mass is 10.0. The number of aliphatic hydroxyl groups excluding tert-OH is 1. The Morgan fingerprint density at radius 2 is 1.68 bits per heavy atom. The van der Waals surface area contributed by atoms with E-state index in [-0.39, 0.29) is 17.7 Å². The van der Waals surface area contributed by atoms with E-state index in [0.717, 1.165) is 12.1 Å². The number of aliphatic carboxylic acids is 1. The maximum atomic E-state index is 12.0. The highest BCUT2D eigenvalue weighted by molar-refractivity contribution is 5.84. The smallest absolute Gasteiger partial charge is 0.269 e. The Morgan fingerprint density at radius 1 is 1.08 bits per heavy atom. The number of non-ortho nitro benzene ring substituents is 1. The molecule has 25 heavy (non-hydrogen) atoms. The average Bonchev–Trinajstić information content (AvgIpc) is 2.60. The van der Waals surface area contributed by atoms with Crippen molar-refractivity contribution in [2.75, 3.05) is 0 Å². The topological polar surface area (TPSA) is 133 Å². The van der Waals surface area contributed by atoms with Crippen LogP contribution >= 0.6 is 0 Å². The van der Waals surface area contributed by atoms with E-state index >= 15 is 0 Å². The first-order valence-electron chi connectivity index (χ1n) is 7.35. The van der Waals surface area contributed by atoms with E-state index in [2.05, 4.69) is 5.32 Å². The third kappa shape index (κ3) is 4.85. The number of hydrogen-bond acceptors (Lipinski definition) is 6. The minimum atomic E-state index is -1.68. The van der Waals surface area contributed by atoms with Gasteiger partial charge in [0.1, 0.15) is 6.10 Å². The van der Waals surface area contributed by atoms with Crippen LogP contribution in [-0.4, -0.2) is 27.9 Å². The minimum Gasteiger partial charge on any atom is -0.548 e. The zero-order valence-corrected chi connectivity index (χ0v) is 13.0. The molecular formula is C17H15N2O6-. The molecule has 0 aromatic heterocycles. The number of amides is 1. The number of carboxylic acids is 1. The van der Waals surface area contributed by atoms with Gasteiger partial charge in [-0.25, -0.2) is 0 Å². The lowest BCUT2D eigenvalue weighted by Gasteiger charge is -2.25. The van der Waals surface area contributed by atoms with Crippen LogP contribution in [0.3, 0.4) is 0 Å². The highest BCUT2D eigenvalue weighted by Crippen LogP contribution is 2.20. The predicted molar refractivity (Wildman–Crippen MR) is 85.1 cm³/mol. The van der Waals surface area contributed by atoms with Gasteiger partial charge in [0.05, 0.1) is 23.4 Å². The molecular weight excluding hydrogens is 328 g/mol. The highest BCUT2D eigenvalue weighted by atomic mass is 16.6. The Balaban J connectivity index is 2.09. The van der Waals surface area contributed by atoms with Crippen LogP contribution in [0.4, 0.5) is 5.69 Å². The first kappa shape index (κ1) is 18.1. The molecule has 2 aromatic rings. The number of nitrogens with zero attached hydrogens (tertiary/aromatic N) is 1. The molecule has 0 heterocycles. The molecule has 0 saturated carbocycles. The number of rotatable bonds is 7. The fourth-order valence-electron chi connectivity index (χ4n) is 2.26. The van der Waals surface area contributed by atoms with E-state index in [1.165, 1.54) is 12.1 Å². The molecule has 0 bridgehead atoms. The van der Waals surface area contributed by atoms with E-state index in [0.29, 0.717) is 5.56 Å². The number of benzene rings is 2. The molecule has 0 fully saturated rings. The summed E-state index contributed by atoms with van der Waals surface area (Å²) in [5.74, 6) is -2.26. The molecule has 8 nitrogen and oxygen atoms in total. The summed E-state index contributed by atoms with van der Waals surface area (Å²) in [6.07, 6.45) is -1.66. The van der Waals surface area contributed by atoms with Crippen LogP contribution in [-0.2, 0) is 16.0 Å². The molecule has 2 rings (SSSR count). The molecule has 130 valence electrons. The molecule has 8 heteroatoms. The largest absolute Gasteiger partial charge is 0.548 e. The van der Waals surface area contributed by atoms with Crippen LogP contribution in [0, 0.1) is 10.1 Å². The van der Waals surface area contributed by atoms with E-state index < -0.39 is 28.9 Å². The summed E-state index contributed by atoms with van der Waals surface area (Å²) in [4.78, 5) is 33.3. The summed E-state index contributed by atoms with van der Waals surface area (Å²) < 4.78 is 0. The van der Waals surface area contributed by atoms with Gasteiger partial charge < -0.3 is 20.3 Å². The third-order valence-electron chi connectivity index (χ3n) is 3.54. The minimum absolute atomic E-state index is 0.0579. The van der Waals surface area contributed by atoms with Gasteiger partial charge in [-0.1, -0.05) is 30.3 Å². The van der Waals surface area contributed by atoms with Crippen LogP contribution in [0.15, 0.2) is 54.6 Å². The van der Waals surface area contributed by atoms with Crippen LogP contribution in [0.5, 0.6) is 0 Å². The summed E-state index contributed by atoms with van der Waals surface area (Å²) in [6, 6.07) is 11.7. The Kier molecular flexibility index (Phi) is 5.80. The van der Waals surface area contributed by atoms with Gasteiger partial charge in [-0.05, 0) is 23.3 Å². The predicted octanol–water partition coefficient (Wildman–Crippen LogP) is 0.106. The van der Waals surface area contributed by atoms with Gasteiger partial charge in [0.25, 0.3) is 5.69 Å². The lowest BCUT2D eigenvalue weighted by Crippen LogP contribution is -2.51. The zero-order valence-electron chi connectivity index (χ0n) is 13.0. The van der Waals surface area contributed by atoms with Crippen LogP contribution in [0.1, 0.15) is 17.2 Å². The van der Waals surface area contributed by atoms with Crippen molar-refractivity contribution < 1.29 is 24.7 Å². The van der Waals surface area contributed by atoms with Gasteiger partial charge in [0.15, 0.2) is 0 Å². The van der Waals surface area contributed by atoms with Gasteiger partial charge in [-0.15, -0.1) is 0 Å². The molecule has 0 aliphatic rings. The highest BCUT2D eigenvalue weighted by Gasteiger charge is 2.24.